The number of aryl methyl sites for hydroxylation is 1. The predicted molar refractivity (Wildman–Crippen MR) is 117 cm³/mol. The van der Waals surface area contributed by atoms with Crippen molar-refractivity contribution in [3.05, 3.63) is 58.9 Å². The Morgan fingerprint density at radius 2 is 1.87 bits per heavy atom. The first-order valence-electron chi connectivity index (χ1n) is 8.96. The molecular weight excluding hydrogens is 408 g/mol. The van der Waals surface area contributed by atoms with Gasteiger partial charge in [-0.25, -0.2) is 9.37 Å². The smallest absolute Gasteiger partial charge is 0.229 e. The zero-order valence-electron chi connectivity index (χ0n) is 16.9. The van der Waals surface area contributed by atoms with Gasteiger partial charge < -0.3 is 19.9 Å². The summed E-state index contributed by atoms with van der Waals surface area (Å²) in [6.07, 6.45) is 1.60. The Balaban J connectivity index is 1.96. The maximum absolute atomic E-state index is 13.8. The molecule has 30 heavy (non-hydrogen) atoms. The molecule has 0 aliphatic carbocycles. The average Bonchev–Trinajstić information content (AvgIpc) is 2.71. The van der Waals surface area contributed by atoms with Gasteiger partial charge in [0.15, 0.2) is 5.82 Å². The molecule has 3 rings (SSSR count). The van der Waals surface area contributed by atoms with Crippen molar-refractivity contribution >= 4 is 41.3 Å². The van der Waals surface area contributed by atoms with Crippen LogP contribution in [0.25, 0.3) is 0 Å². The number of halogens is 1. The van der Waals surface area contributed by atoms with Gasteiger partial charge in [0, 0.05) is 23.1 Å². The number of aromatic nitrogens is 2. The van der Waals surface area contributed by atoms with E-state index in [9.17, 15) is 13.9 Å². The van der Waals surface area contributed by atoms with Gasteiger partial charge in [-0.1, -0.05) is 12.1 Å². The van der Waals surface area contributed by atoms with Crippen LogP contribution in [0.15, 0.2) is 47.8 Å². The summed E-state index contributed by atoms with van der Waals surface area (Å²) in [5.41, 5.74) is 1.37. The third-order valence-electron chi connectivity index (χ3n) is 4.32. The Morgan fingerprint density at radius 1 is 1.13 bits per heavy atom. The summed E-state index contributed by atoms with van der Waals surface area (Å²) < 4.78 is 31.6. The van der Waals surface area contributed by atoms with Crippen molar-refractivity contribution in [2.24, 2.45) is 5.18 Å². The molecular formula is C20H21FN5O3P. The minimum Gasteiger partial charge on any atom is -0.494 e. The summed E-state index contributed by atoms with van der Waals surface area (Å²) >= 11 is 0. The molecule has 0 unspecified atom stereocenters. The number of anilines is 4. The lowest BCUT2D eigenvalue weighted by Gasteiger charge is -2.16. The lowest BCUT2D eigenvalue weighted by molar-refractivity contribution is 0.413. The number of nitrogens with zero attached hydrogens (tertiary/aromatic N) is 3. The van der Waals surface area contributed by atoms with E-state index in [-0.39, 0.29) is 23.1 Å². The fraction of sp³-hybridized carbons (Fsp3) is 0.200. The molecule has 0 radical (unpaired) electrons. The number of benzene rings is 2. The van der Waals surface area contributed by atoms with Crippen LogP contribution in [0.1, 0.15) is 5.56 Å². The van der Waals surface area contributed by atoms with Crippen LogP contribution in [0, 0.1) is 17.6 Å². The van der Waals surface area contributed by atoms with Gasteiger partial charge in [-0.3, -0.25) is 0 Å². The minimum absolute atomic E-state index is 0.168. The maximum Gasteiger partial charge on any atom is 0.229 e. The van der Waals surface area contributed by atoms with Crippen molar-refractivity contribution in [2.75, 3.05) is 31.1 Å². The SMILES string of the molecule is COc1cc(F)c(N=O)cc1Nc1ncc(C)c(Nc2ccccc2P(C)(C)=O)n1. The van der Waals surface area contributed by atoms with Crippen molar-refractivity contribution in [3.63, 3.8) is 0 Å². The van der Waals surface area contributed by atoms with E-state index in [1.807, 2.05) is 31.2 Å². The van der Waals surface area contributed by atoms with E-state index < -0.39 is 13.0 Å². The second-order valence-corrected chi connectivity index (χ2v) is 10.1. The van der Waals surface area contributed by atoms with Crippen molar-refractivity contribution in [3.8, 4) is 5.75 Å². The van der Waals surface area contributed by atoms with Crippen LogP contribution in [-0.4, -0.2) is 30.4 Å². The lowest BCUT2D eigenvalue weighted by Crippen LogP contribution is -2.11. The summed E-state index contributed by atoms with van der Waals surface area (Å²) in [6.45, 7) is 5.23. The summed E-state index contributed by atoms with van der Waals surface area (Å²) in [4.78, 5) is 19.5. The first kappa shape index (κ1) is 21.4. The average molecular weight is 429 g/mol. The van der Waals surface area contributed by atoms with Crippen LogP contribution in [0.3, 0.4) is 0 Å². The van der Waals surface area contributed by atoms with Gasteiger partial charge in [-0.2, -0.15) is 4.98 Å². The molecule has 2 N–H and O–H groups in total. The van der Waals surface area contributed by atoms with Crippen LogP contribution in [0.5, 0.6) is 5.75 Å². The van der Waals surface area contributed by atoms with E-state index in [0.29, 0.717) is 16.8 Å². The zero-order chi connectivity index (χ0) is 21.9. The molecule has 0 aliphatic heterocycles. The first-order valence-corrected chi connectivity index (χ1v) is 11.6. The summed E-state index contributed by atoms with van der Waals surface area (Å²) in [6, 6.07) is 9.60. The van der Waals surface area contributed by atoms with Crippen molar-refractivity contribution in [2.45, 2.75) is 6.92 Å². The highest BCUT2D eigenvalue weighted by Crippen LogP contribution is 2.38. The molecule has 1 heterocycles. The Bertz CT molecular complexity index is 1150. The zero-order valence-corrected chi connectivity index (χ0v) is 17.8. The lowest BCUT2D eigenvalue weighted by atomic mass is 10.2. The number of nitrogens with one attached hydrogen (secondary N) is 2. The summed E-state index contributed by atoms with van der Waals surface area (Å²) in [7, 11) is -1.14. The highest BCUT2D eigenvalue weighted by Gasteiger charge is 2.17. The summed E-state index contributed by atoms with van der Waals surface area (Å²) in [5, 5.41) is 9.50. The van der Waals surface area contributed by atoms with Gasteiger partial charge in [0.05, 0.1) is 18.5 Å². The van der Waals surface area contributed by atoms with Crippen LogP contribution >= 0.6 is 7.14 Å². The Hall–Kier alpha value is -3.32. The standard InChI is InChI=1S/C20H21FN5O3P/c1-12-11-22-20(24-16-10-15(26-27)13(21)9-17(16)29-2)25-19(12)23-14-7-5-6-8-18(14)30(3,4)28/h5-11H,1-4H3,(H2,22,23,24,25). The van der Waals surface area contributed by atoms with Crippen LogP contribution < -0.4 is 20.7 Å². The van der Waals surface area contributed by atoms with Gasteiger partial charge in [0.1, 0.15) is 24.4 Å². The van der Waals surface area contributed by atoms with Gasteiger partial charge >= 0.3 is 0 Å². The molecule has 2 aromatic carbocycles. The van der Waals surface area contributed by atoms with E-state index >= 15 is 0 Å². The predicted octanol–water partition coefficient (Wildman–Crippen LogP) is 5.07. The number of para-hydroxylation sites is 1. The summed E-state index contributed by atoms with van der Waals surface area (Å²) in [5.74, 6) is 0.0725. The molecule has 10 heteroatoms. The second kappa shape index (κ2) is 8.59. The normalized spacial score (nSPS) is 11.1. The van der Waals surface area contributed by atoms with Crippen molar-refractivity contribution in [1.29, 1.82) is 0 Å². The number of hydrogen-bond donors (Lipinski definition) is 2. The number of methoxy groups -OCH3 is 1. The van der Waals surface area contributed by atoms with Crippen molar-refractivity contribution < 1.29 is 13.7 Å². The molecule has 0 fully saturated rings. The van der Waals surface area contributed by atoms with Gasteiger partial charge in [0.2, 0.25) is 5.95 Å². The minimum atomic E-state index is -2.51. The molecule has 156 valence electrons. The molecule has 0 amide bonds. The van der Waals surface area contributed by atoms with E-state index in [2.05, 4.69) is 25.8 Å². The fourth-order valence-corrected chi connectivity index (χ4v) is 3.96. The number of ether oxygens (including phenoxy) is 1. The van der Waals surface area contributed by atoms with Crippen LogP contribution in [0.2, 0.25) is 0 Å². The molecule has 0 saturated heterocycles. The second-order valence-electron chi connectivity index (χ2n) is 6.94. The van der Waals surface area contributed by atoms with Crippen LogP contribution in [0.4, 0.5) is 33.2 Å². The van der Waals surface area contributed by atoms with Crippen LogP contribution in [-0.2, 0) is 4.57 Å². The highest BCUT2D eigenvalue weighted by molar-refractivity contribution is 7.70. The molecule has 0 atom stereocenters. The Kier molecular flexibility index (Phi) is 6.12. The van der Waals surface area contributed by atoms with E-state index in [1.54, 1.807) is 19.5 Å². The monoisotopic (exact) mass is 429 g/mol. The number of nitroso groups, excluding NO2 is 1. The van der Waals surface area contributed by atoms with E-state index in [0.717, 1.165) is 11.6 Å². The molecule has 0 spiro atoms. The van der Waals surface area contributed by atoms with E-state index in [4.69, 9.17) is 4.74 Å². The fourth-order valence-electron chi connectivity index (χ4n) is 2.81. The Morgan fingerprint density at radius 3 is 2.53 bits per heavy atom. The maximum atomic E-state index is 13.8. The molecule has 3 aromatic rings. The molecule has 0 bridgehead atoms. The first-order chi connectivity index (χ1) is 14.2. The Labute approximate surface area is 173 Å². The van der Waals surface area contributed by atoms with E-state index in [1.165, 1.54) is 13.2 Å². The number of hydrogen-bond acceptors (Lipinski definition) is 8. The topological polar surface area (TPSA) is 106 Å². The highest BCUT2D eigenvalue weighted by atomic mass is 31.2. The van der Waals surface area contributed by atoms with Gasteiger partial charge in [-0.15, -0.1) is 4.91 Å². The van der Waals surface area contributed by atoms with Gasteiger partial charge in [-0.05, 0) is 43.6 Å². The largest absolute Gasteiger partial charge is 0.494 e. The molecule has 0 saturated carbocycles. The number of rotatable bonds is 7. The quantitative estimate of drug-likeness (QED) is 0.399. The van der Waals surface area contributed by atoms with Gasteiger partial charge in [0.25, 0.3) is 0 Å². The molecule has 1 aromatic heterocycles. The third kappa shape index (κ3) is 4.63. The van der Waals surface area contributed by atoms with Crippen molar-refractivity contribution in [1.82, 2.24) is 9.97 Å². The molecule has 0 aliphatic rings. The molecule has 8 nitrogen and oxygen atoms in total. The third-order valence-corrected chi connectivity index (χ3v) is 5.87.